The van der Waals surface area contributed by atoms with Crippen LogP contribution in [0.2, 0.25) is 0 Å². The smallest absolute Gasteiger partial charge is 0.169 e. The Morgan fingerprint density at radius 2 is 2.00 bits per heavy atom. The zero-order valence-corrected chi connectivity index (χ0v) is 20.7. The second-order valence-electron chi connectivity index (χ2n) is 10.7. The van der Waals surface area contributed by atoms with E-state index >= 15 is 0 Å². The minimum atomic E-state index is -0.345. The third kappa shape index (κ3) is 4.94. The number of rotatable bonds is 5. The molecule has 6 heteroatoms. The maximum Gasteiger partial charge on any atom is 0.169 e. The average Bonchev–Trinajstić information content (AvgIpc) is 2.84. The van der Waals surface area contributed by atoms with Gasteiger partial charge in [-0.25, -0.2) is 4.39 Å². The first kappa shape index (κ1) is 23.9. The molecule has 2 fully saturated rings. The molecule has 2 aromatic heterocycles. The van der Waals surface area contributed by atoms with Gasteiger partial charge in [-0.3, -0.25) is 14.8 Å². The van der Waals surface area contributed by atoms with Gasteiger partial charge in [-0.15, -0.1) is 0 Å². The van der Waals surface area contributed by atoms with Crippen LogP contribution in [0.4, 0.5) is 10.1 Å². The summed E-state index contributed by atoms with van der Waals surface area (Å²) in [6, 6.07) is 7.44. The minimum absolute atomic E-state index is 0.0657. The molecule has 1 aliphatic carbocycles. The predicted octanol–water partition coefficient (Wildman–Crippen LogP) is 5.80. The van der Waals surface area contributed by atoms with Crippen LogP contribution in [0.25, 0.3) is 10.9 Å². The molecule has 5 nitrogen and oxygen atoms in total. The molecule has 5 rings (SSSR count). The fraction of sp³-hybridized carbons (Fsp3) is 0.483. The van der Waals surface area contributed by atoms with Crippen molar-refractivity contribution in [3.8, 4) is 0 Å². The molecule has 3 aromatic rings. The van der Waals surface area contributed by atoms with Crippen molar-refractivity contribution in [1.29, 1.82) is 0 Å². The summed E-state index contributed by atoms with van der Waals surface area (Å²) in [6.07, 6.45) is 12.1. The third-order valence-corrected chi connectivity index (χ3v) is 7.93. The number of hydrogen-bond donors (Lipinski definition) is 1. The molecule has 35 heavy (non-hydrogen) atoms. The molecule has 2 aliphatic rings. The van der Waals surface area contributed by atoms with Gasteiger partial charge in [0.25, 0.3) is 0 Å². The molecule has 0 unspecified atom stereocenters. The highest BCUT2D eigenvalue weighted by Gasteiger charge is 2.28. The number of piperidine rings is 1. The lowest BCUT2D eigenvalue weighted by molar-refractivity contribution is 0.0994. The van der Waals surface area contributed by atoms with E-state index in [9.17, 15) is 9.18 Å². The molecule has 0 radical (unpaired) electrons. The number of aromatic nitrogens is 2. The van der Waals surface area contributed by atoms with E-state index in [-0.39, 0.29) is 24.1 Å². The Kier molecular flexibility index (Phi) is 6.83. The topological polar surface area (TPSA) is 72.1 Å². The molecule has 184 valence electrons. The first-order valence-electron chi connectivity index (χ1n) is 13.0. The lowest BCUT2D eigenvalue weighted by atomic mass is 9.75. The molecule has 0 spiro atoms. The number of ketones is 1. The van der Waals surface area contributed by atoms with Crippen molar-refractivity contribution in [3.05, 3.63) is 65.4 Å². The number of anilines is 1. The van der Waals surface area contributed by atoms with Crippen LogP contribution in [0.3, 0.4) is 0 Å². The van der Waals surface area contributed by atoms with Crippen LogP contribution in [0.15, 0.2) is 42.9 Å². The molecule has 1 saturated carbocycles. The first-order valence-corrected chi connectivity index (χ1v) is 13.0. The lowest BCUT2D eigenvalue weighted by Gasteiger charge is -2.35. The highest BCUT2D eigenvalue weighted by atomic mass is 19.1. The van der Waals surface area contributed by atoms with Crippen molar-refractivity contribution >= 4 is 22.4 Å². The Balaban J connectivity index is 1.45. The van der Waals surface area contributed by atoms with Crippen molar-refractivity contribution in [2.24, 2.45) is 11.7 Å². The Labute approximate surface area is 206 Å². The number of carbonyl (C=O) groups is 1. The average molecular weight is 475 g/mol. The van der Waals surface area contributed by atoms with Gasteiger partial charge in [-0.2, -0.15) is 0 Å². The lowest BCUT2D eigenvalue weighted by Crippen LogP contribution is -2.37. The largest absolute Gasteiger partial charge is 0.368 e. The second-order valence-corrected chi connectivity index (χ2v) is 10.7. The molecule has 2 N–H and O–H groups in total. The minimum Gasteiger partial charge on any atom is -0.368 e. The molecule has 3 heterocycles. The number of hydrogen-bond acceptors (Lipinski definition) is 5. The number of nitrogens with two attached hydrogens (primary N) is 1. The van der Waals surface area contributed by atoms with Gasteiger partial charge in [0.1, 0.15) is 5.82 Å². The Bertz CT molecular complexity index is 1220. The number of benzene rings is 1. The second kappa shape index (κ2) is 10.0. The van der Waals surface area contributed by atoms with Crippen LogP contribution in [-0.2, 0) is 6.42 Å². The Morgan fingerprint density at radius 1 is 1.14 bits per heavy atom. The fourth-order valence-corrected chi connectivity index (χ4v) is 6.20. The van der Waals surface area contributed by atoms with E-state index in [0.717, 1.165) is 55.5 Å². The summed E-state index contributed by atoms with van der Waals surface area (Å²) in [4.78, 5) is 24.7. The number of carbonyl (C=O) groups excluding carboxylic acids is 1. The van der Waals surface area contributed by atoms with E-state index in [1.54, 1.807) is 24.7 Å². The van der Waals surface area contributed by atoms with Gasteiger partial charge < -0.3 is 10.6 Å². The van der Waals surface area contributed by atoms with Crippen LogP contribution in [0, 0.1) is 11.7 Å². The summed E-state index contributed by atoms with van der Waals surface area (Å²) in [5.74, 6) is 0.478. The zero-order valence-electron chi connectivity index (χ0n) is 20.7. The predicted molar refractivity (Wildman–Crippen MR) is 138 cm³/mol. The van der Waals surface area contributed by atoms with Crippen LogP contribution in [0.1, 0.15) is 79.8 Å². The number of halogens is 1. The van der Waals surface area contributed by atoms with Crippen molar-refractivity contribution in [1.82, 2.24) is 9.97 Å². The number of pyridine rings is 2. The van der Waals surface area contributed by atoms with Gasteiger partial charge in [0, 0.05) is 48.4 Å². The van der Waals surface area contributed by atoms with E-state index in [0.29, 0.717) is 34.3 Å². The van der Waals surface area contributed by atoms with Gasteiger partial charge in [-0.1, -0.05) is 6.92 Å². The van der Waals surface area contributed by atoms with Crippen molar-refractivity contribution in [3.63, 3.8) is 0 Å². The van der Waals surface area contributed by atoms with Gasteiger partial charge in [-0.05, 0) is 92.7 Å². The maximum atomic E-state index is 14.9. The highest BCUT2D eigenvalue weighted by Crippen LogP contribution is 2.37. The summed E-state index contributed by atoms with van der Waals surface area (Å²) >= 11 is 0. The van der Waals surface area contributed by atoms with Gasteiger partial charge in [0.05, 0.1) is 17.4 Å². The van der Waals surface area contributed by atoms with E-state index in [1.165, 1.54) is 12.5 Å². The number of fused-ring (bicyclic) bond motifs is 1. The van der Waals surface area contributed by atoms with Crippen molar-refractivity contribution in [2.45, 2.75) is 76.8 Å². The maximum absolute atomic E-state index is 14.9. The van der Waals surface area contributed by atoms with Gasteiger partial charge >= 0.3 is 0 Å². The van der Waals surface area contributed by atoms with Crippen LogP contribution in [0.5, 0.6) is 0 Å². The number of nitrogens with zero attached hydrogens (tertiary/aromatic N) is 3. The van der Waals surface area contributed by atoms with Gasteiger partial charge in [0.2, 0.25) is 0 Å². The Hall–Kier alpha value is -2.86. The summed E-state index contributed by atoms with van der Waals surface area (Å²) in [7, 11) is 0. The highest BCUT2D eigenvalue weighted by molar-refractivity contribution is 6.08. The molecule has 0 bridgehead atoms. The third-order valence-electron chi connectivity index (χ3n) is 7.93. The van der Waals surface area contributed by atoms with E-state index < -0.39 is 0 Å². The van der Waals surface area contributed by atoms with Crippen molar-refractivity contribution < 1.29 is 9.18 Å². The molecule has 0 amide bonds. The van der Waals surface area contributed by atoms with Gasteiger partial charge in [0.15, 0.2) is 5.78 Å². The van der Waals surface area contributed by atoms with E-state index in [2.05, 4.69) is 28.7 Å². The standard InChI is InChI=1S/C29H35FN4O/c1-18-11-20(13-22(31)12-18)24-8-9-32-16-21(24)14-28(35)25-6-7-27(30)26-15-23(17-33-29(25)26)34-10-4-3-5-19(34)2/h6-9,15-20,22H,3-5,10-14,31H2,1-2H3/t18-,19-,20+,22-/m0/s1. The summed E-state index contributed by atoms with van der Waals surface area (Å²) in [5, 5.41) is 0.407. The molecule has 4 atom stereocenters. The Morgan fingerprint density at radius 3 is 2.80 bits per heavy atom. The normalized spacial score (nSPS) is 25.1. The molecule has 1 aliphatic heterocycles. The van der Waals surface area contributed by atoms with Crippen LogP contribution in [-0.4, -0.2) is 34.4 Å². The summed E-state index contributed by atoms with van der Waals surface area (Å²) in [5.41, 5.74) is 10.2. The van der Waals surface area contributed by atoms with E-state index in [4.69, 9.17) is 5.73 Å². The van der Waals surface area contributed by atoms with Crippen molar-refractivity contribution in [2.75, 3.05) is 11.4 Å². The summed E-state index contributed by atoms with van der Waals surface area (Å²) < 4.78 is 14.9. The SMILES string of the molecule is C[C@@H]1C[C@H](N)C[C@H](c2ccncc2CC(=O)c2ccc(F)c3cc(N4CCCC[C@@H]4C)cnc23)C1. The molecular formula is C29H35FN4O. The zero-order chi connectivity index (χ0) is 24.5. The van der Waals surface area contributed by atoms with Crippen LogP contribution < -0.4 is 10.6 Å². The van der Waals surface area contributed by atoms with Crippen LogP contribution >= 0.6 is 0 Å². The molecular weight excluding hydrogens is 439 g/mol. The first-order chi connectivity index (χ1) is 16.9. The van der Waals surface area contributed by atoms with E-state index in [1.807, 2.05) is 12.1 Å². The molecule has 1 aromatic carbocycles. The summed E-state index contributed by atoms with van der Waals surface area (Å²) in [6.45, 7) is 5.39. The number of Topliss-reactive ketones (excluding diaryl/α,β-unsaturated/α-hetero) is 1. The monoisotopic (exact) mass is 474 g/mol. The fourth-order valence-electron chi connectivity index (χ4n) is 6.20. The molecule has 1 saturated heterocycles. The quantitative estimate of drug-likeness (QED) is 0.473.